The Morgan fingerprint density at radius 2 is 1.55 bits per heavy atom. The van der Waals surface area contributed by atoms with Crippen LogP contribution in [0.4, 0.5) is 0 Å². The molecular formula is C23H20N4O2. The van der Waals surface area contributed by atoms with E-state index in [1.807, 2.05) is 54.6 Å². The second kappa shape index (κ2) is 8.93. The summed E-state index contributed by atoms with van der Waals surface area (Å²) in [6.07, 6.45) is 4.10. The fourth-order valence-electron chi connectivity index (χ4n) is 2.93. The molecular weight excluding hydrogens is 364 g/mol. The molecule has 0 aliphatic heterocycles. The predicted octanol–water partition coefficient (Wildman–Crippen LogP) is 4.05. The van der Waals surface area contributed by atoms with Gasteiger partial charge in [0.2, 0.25) is 17.6 Å². The summed E-state index contributed by atoms with van der Waals surface area (Å²) in [5.74, 6) is 0.914. The van der Waals surface area contributed by atoms with Crippen LogP contribution >= 0.6 is 0 Å². The van der Waals surface area contributed by atoms with Crippen molar-refractivity contribution < 1.29 is 9.32 Å². The Bertz CT molecular complexity index is 1060. The monoisotopic (exact) mass is 384 g/mol. The Kier molecular flexibility index (Phi) is 5.71. The summed E-state index contributed by atoms with van der Waals surface area (Å²) in [5.41, 5.74) is 4.17. The van der Waals surface area contributed by atoms with Crippen LogP contribution in [0.2, 0.25) is 0 Å². The predicted molar refractivity (Wildman–Crippen MR) is 110 cm³/mol. The molecule has 1 amide bonds. The lowest BCUT2D eigenvalue weighted by Crippen LogP contribution is -2.23. The van der Waals surface area contributed by atoms with Crippen LogP contribution in [0, 0.1) is 0 Å². The van der Waals surface area contributed by atoms with Gasteiger partial charge in [0.25, 0.3) is 0 Å². The van der Waals surface area contributed by atoms with Crippen LogP contribution in [-0.4, -0.2) is 21.0 Å². The molecule has 6 heteroatoms. The number of nitrogens with one attached hydrogen (secondary N) is 1. The molecule has 0 radical (unpaired) electrons. The van der Waals surface area contributed by atoms with E-state index in [9.17, 15) is 4.79 Å². The lowest BCUT2D eigenvalue weighted by Gasteiger charge is -2.03. The molecule has 2 aromatic carbocycles. The summed E-state index contributed by atoms with van der Waals surface area (Å²) in [4.78, 5) is 20.4. The number of aromatic nitrogens is 3. The number of carbonyl (C=O) groups excluding carboxylic acids is 1. The first kappa shape index (κ1) is 18.6. The van der Waals surface area contributed by atoms with Gasteiger partial charge < -0.3 is 9.84 Å². The maximum atomic E-state index is 12.0. The number of aryl methyl sites for hydroxylation is 1. The highest BCUT2D eigenvalue weighted by Gasteiger charge is 2.11. The lowest BCUT2D eigenvalue weighted by atomic mass is 10.0. The SMILES string of the molecule is O=C(CCc1nc(-c2ccc(-c3ccccc3)cc2)no1)NCc1ccncc1. The second-order valence-corrected chi connectivity index (χ2v) is 6.59. The molecule has 0 spiro atoms. The third-order valence-electron chi connectivity index (χ3n) is 4.52. The van der Waals surface area contributed by atoms with Gasteiger partial charge in [0.05, 0.1) is 0 Å². The minimum atomic E-state index is -0.0613. The number of carbonyl (C=O) groups is 1. The molecule has 29 heavy (non-hydrogen) atoms. The molecule has 0 atom stereocenters. The van der Waals surface area contributed by atoms with Crippen LogP contribution in [0.15, 0.2) is 83.6 Å². The molecule has 4 rings (SSSR count). The molecule has 0 unspecified atom stereocenters. The van der Waals surface area contributed by atoms with Gasteiger partial charge in [0.1, 0.15) is 0 Å². The van der Waals surface area contributed by atoms with Crippen LogP contribution in [0.1, 0.15) is 17.9 Å². The van der Waals surface area contributed by atoms with Crippen LogP contribution in [0.25, 0.3) is 22.5 Å². The lowest BCUT2D eigenvalue weighted by molar-refractivity contribution is -0.121. The maximum Gasteiger partial charge on any atom is 0.227 e. The van der Waals surface area contributed by atoms with E-state index in [1.54, 1.807) is 12.4 Å². The molecule has 4 aromatic rings. The van der Waals surface area contributed by atoms with Crippen LogP contribution in [0.3, 0.4) is 0 Å². The van der Waals surface area contributed by atoms with Crippen LogP contribution in [0.5, 0.6) is 0 Å². The van der Waals surface area contributed by atoms with Crippen LogP contribution in [-0.2, 0) is 17.8 Å². The summed E-state index contributed by atoms with van der Waals surface area (Å²) < 4.78 is 5.30. The van der Waals surface area contributed by atoms with Gasteiger partial charge in [-0.3, -0.25) is 9.78 Å². The molecule has 2 heterocycles. The molecule has 2 aromatic heterocycles. The highest BCUT2D eigenvalue weighted by Crippen LogP contribution is 2.23. The number of pyridine rings is 1. The first-order valence-corrected chi connectivity index (χ1v) is 9.42. The smallest absolute Gasteiger partial charge is 0.227 e. The fraction of sp³-hybridized carbons (Fsp3) is 0.130. The summed E-state index contributed by atoms with van der Waals surface area (Å²) >= 11 is 0. The van der Waals surface area contributed by atoms with E-state index >= 15 is 0 Å². The van der Waals surface area contributed by atoms with Crippen molar-refractivity contribution in [2.45, 2.75) is 19.4 Å². The Balaban J connectivity index is 1.32. The Hall–Kier alpha value is -3.80. The Morgan fingerprint density at radius 1 is 0.862 bits per heavy atom. The van der Waals surface area contributed by atoms with Gasteiger partial charge in [-0.2, -0.15) is 4.98 Å². The molecule has 0 fully saturated rings. The van der Waals surface area contributed by atoms with Gasteiger partial charge in [-0.15, -0.1) is 0 Å². The standard InChI is InChI=1S/C23H20N4O2/c28-21(25-16-17-12-14-24-15-13-17)10-11-22-26-23(27-29-22)20-8-6-19(7-9-20)18-4-2-1-3-5-18/h1-9,12-15H,10-11,16H2,(H,25,28). The normalized spacial score (nSPS) is 10.6. The zero-order chi connectivity index (χ0) is 19.9. The van der Waals surface area contributed by atoms with E-state index in [4.69, 9.17) is 4.52 Å². The first-order chi connectivity index (χ1) is 14.3. The van der Waals surface area contributed by atoms with E-state index < -0.39 is 0 Å². The molecule has 0 aliphatic rings. The number of hydrogen-bond acceptors (Lipinski definition) is 5. The van der Waals surface area contributed by atoms with Gasteiger partial charge in [-0.05, 0) is 28.8 Å². The molecule has 0 aliphatic carbocycles. The number of benzene rings is 2. The summed E-state index contributed by atoms with van der Waals surface area (Å²) in [6.45, 7) is 0.476. The molecule has 6 nitrogen and oxygen atoms in total. The third-order valence-corrected chi connectivity index (χ3v) is 4.52. The highest BCUT2D eigenvalue weighted by atomic mass is 16.5. The Labute approximate surface area is 168 Å². The largest absolute Gasteiger partial charge is 0.352 e. The number of rotatable bonds is 7. The van der Waals surface area contributed by atoms with Gasteiger partial charge in [-0.25, -0.2) is 0 Å². The zero-order valence-corrected chi connectivity index (χ0v) is 15.8. The van der Waals surface area contributed by atoms with Crippen molar-refractivity contribution in [3.05, 3.63) is 90.6 Å². The van der Waals surface area contributed by atoms with Gasteiger partial charge >= 0.3 is 0 Å². The molecule has 0 saturated carbocycles. The van der Waals surface area contributed by atoms with E-state index in [1.165, 1.54) is 0 Å². The van der Waals surface area contributed by atoms with Gasteiger partial charge in [-0.1, -0.05) is 59.8 Å². The number of amides is 1. The molecule has 0 saturated heterocycles. The van der Waals surface area contributed by atoms with Crippen molar-refractivity contribution >= 4 is 5.91 Å². The zero-order valence-electron chi connectivity index (χ0n) is 15.8. The van der Waals surface area contributed by atoms with E-state index in [0.717, 1.165) is 22.3 Å². The fourth-order valence-corrected chi connectivity index (χ4v) is 2.93. The molecule has 144 valence electrons. The average Bonchev–Trinajstić information content (AvgIpc) is 3.27. The number of hydrogen-bond donors (Lipinski definition) is 1. The summed E-state index contributed by atoms with van der Waals surface area (Å²) in [7, 11) is 0. The van der Waals surface area contributed by atoms with Crippen molar-refractivity contribution in [2.75, 3.05) is 0 Å². The van der Waals surface area contributed by atoms with Gasteiger partial charge in [0.15, 0.2) is 0 Å². The third kappa shape index (κ3) is 4.93. The molecule has 0 bridgehead atoms. The van der Waals surface area contributed by atoms with E-state index in [0.29, 0.717) is 31.1 Å². The first-order valence-electron chi connectivity index (χ1n) is 9.42. The Morgan fingerprint density at radius 3 is 2.31 bits per heavy atom. The maximum absolute atomic E-state index is 12.0. The van der Waals surface area contributed by atoms with Crippen molar-refractivity contribution in [3.63, 3.8) is 0 Å². The number of nitrogens with zero attached hydrogens (tertiary/aromatic N) is 3. The van der Waals surface area contributed by atoms with Crippen molar-refractivity contribution in [3.8, 4) is 22.5 Å². The molecule has 1 N–H and O–H groups in total. The van der Waals surface area contributed by atoms with Crippen molar-refractivity contribution in [1.29, 1.82) is 0 Å². The minimum absolute atomic E-state index is 0.0613. The minimum Gasteiger partial charge on any atom is -0.352 e. The van der Waals surface area contributed by atoms with E-state index in [-0.39, 0.29) is 5.91 Å². The summed E-state index contributed by atoms with van der Waals surface area (Å²) in [5, 5.41) is 6.91. The van der Waals surface area contributed by atoms with Crippen molar-refractivity contribution in [1.82, 2.24) is 20.4 Å². The van der Waals surface area contributed by atoms with Crippen LogP contribution < -0.4 is 5.32 Å². The summed E-state index contributed by atoms with van der Waals surface area (Å²) in [6, 6.07) is 21.9. The highest BCUT2D eigenvalue weighted by molar-refractivity contribution is 5.76. The van der Waals surface area contributed by atoms with E-state index in [2.05, 4.69) is 32.6 Å². The quantitative estimate of drug-likeness (QED) is 0.520. The van der Waals surface area contributed by atoms with Gasteiger partial charge in [0, 0.05) is 37.3 Å². The second-order valence-electron chi connectivity index (χ2n) is 6.59. The topological polar surface area (TPSA) is 80.9 Å². The van der Waals surface area contributed by atoms with Crippen molar-refractivity contribution in [2.24, 2.45) is 0 Å². The average molecular weight is 384 g/mol.